The molecule has 2 aromatic rings. The normalized spacial score (nSPS) is 15.1. The fraction of sp³-hybridized carbons (Fsp3) is 0.476. The first-order valence-corrected chi connectivity index (χ1v) is 9.79. The number of carbonyl (C=O) groups is 2. The van der Waals surface area contributed by atoms with Crippen molar-refractivity contribution in [3.63, 3.8) is 0 Å². The summed E-state index contributed by atoms with van der Waals surface area (Å²) in [4.78, 5) is 26.6. The Morgan fingerprint density at radius 1 is 1.21 bits per heavy atom. The zero-order valence-electron chi connectivity index (χ0n) is 17.1. The summed E-state index contributed by atoms with van der Waals surface area (Å²) < 4.78 is 15.7. The minimum atomic E-state index is -0.883. The van der Waals surface area contributed by atoms with Crippen LogP contribution in [0.1, 0.15) is 30.4 Å². The highest BCUT2D eigenvalue weighted by molar-refractivity contribution is 5.95. The molecule has 2 heterocycles. The Morgan fingerprint density at radius 2 is 1.90 bits per heavy atom. The van der Waals surface area contributed by atoms with Crippen molar-refractivity contribution >= 4 is 23.3 Å². The average molecular weight is 401 g/mol. The van der Waals surface area contributed by atoms with Crippen LogP contribution in [0.15, 0.2) is 28.8 Å². The number of nitrogens with one attached hydrogen (secondary N) is 1. The fourth-order valence-electron chi connectivity index (χ4n) is 3.22. The number of carbonyl (C=O) groups excluding carboxylic acids is 2. The molecule has 3 rings (SSSR count). The monoisotopic (exact) mass is 401 g/mol. The molecule has 1 aliphatic rings. The topological polar surface area (TPSA) is 93.9 Å². The van der Waals surface area contributed by atoms with Gasteiger partial charge in [0.1, 0.15) is 5.76 Å². The molecule has 156 valence electrons. The van der Waals surface area contributed by atoms with Crippen LogP contribution < -0.4 is 10.2 Å². The summed E-state index contributed by atoms with van der Waals surface area (Å²) in [6.45, 7) is 8.35. The van der Waals surface area contributed by atoms with E-state index in [2.05, 4.69) is 15.4 Å². The van der Waals surface area contributed by atoms with Gasteiger partial charge in [-0.3, -0.25) is 9.59 Å². The number of aromatic nitrogens is 1. The third-order valence-corrected chi connectivity index (χ3v) is 4.95. The first kappa shape index (κ1) is 20.9. The summed E-state index contributed by atoms with van der Waals surface area (Å²) in [7, 11) is 0. The number of esters is 1. The molecular weight excluding hydrogens is 374 g/mol. The van der Waals surface area contributed by atoms with E-state index in [1.807, 2.05) is 31.2 Å². The first-order valence-electron chi connectivity index (χ1n) is 9.79. The predicted molar refractivity (Wildman–Crippen MR) is 108 cm³/mol. The van der Waals surface area contributed by atoms with Crippen LogP contribution in [-0.2, 0) is 25.5 Å². The van der Waals surface area contributed by atoms with Crippen molar-refractivity contribution in [1.29, 1.82) is 0 Å². The molecule has 1 aliphatic heterocycles. The predicted octanol–water partition coefficient (Wildman–Crippen LogP) is 2.63. The van der Waals surface area contributed by atoms with Crippen LogP contribution in [0.4, 0.5) is 11.4 Å². The summed E-state index contributed by atoms with van der Waals surface area (Å²) in [5.74, 6) is -0.105. The molecule has 0 unspecified atom stereocenters. The Balaban J connectivity index is 1.46. The molecule has 8 heteroatoms. The van der Waals surface area contributed by atoms with E-state index < -0.39 is 12.1 Å². The van der Waals surface area contributed by atoms with Gasteiger partial charge in [0, 0.05) is 36.4 Å². The molecule has 0 spiro atoms. The van der Waals surface area contributed by atoms with E-state index in [0.29, 0.717) is 17.9 Å². The number of anilines is 2. The Morgan fingerprint density at radius 3 is 2.52 bits per heavy atom. The summed E-state index contributed by atoms with van der Waals surface area (Å²) in [5, 5.41) is 6.65. The van der Waals surface area contributed by atoms with Crippen LogP contribution >= 0.6 is 0 Å². The van der Waals surface area contributed by atoms with E-state index in [1.54, 1.807) is 13.8 Å². The number of benzene rings is 1. The van der Waals surface area contributed by atoms with Crippen LogP contribution in [0.2, 0.25) is 0 Å². The maximum atomic E-state index is 12.3. The molecule has 1 aromatic heterocycles. The molecule has 1 atom stereocenters. The van der Waals surface area contributed by atoms with Gasteiger partial charge in [-0.25, -0.2) is 0 Å². The van der Waals surface area contributed by atoms with Crippen molar-refractivity contribution in [3.05, 3.63) is 41.3 Å². The molecule has 0 bridgehead atoms. The number of rotatable bonds is 7. The lowest BCUT2D eigenvalue weighted by molar-refractivity contribution is -0.153. The fourth-order valence-corrected chi connectivity index (χ4v) is 3.22. The van der Waals surface area contributed by atoms with Crippen LogP contribution in [0.25, 0.3) is 0 Å². The number of aryl methyl sites for hydroxylation is 2. The number of hydrogen-bond donors (Lipinski definition) is 1. The number of ether oxygens (including phenoxy) is 2. The lowest BCUT2D eigenvalue weighted by atomic mass is 10.1. The molecule has 1 amide bonds. The van der Waals surface area contributed by atoms with E-state index in [4.69, 9.17) is 14.0 Å². The summed E-state index contributed by atoms with van der Waals surface area (Å²) in [6, 6.07) is 7.60. The number of morpholine rings is 1. The number of hydrogen-bond acceptors (Lipinski definition) is 7. The molecule has 8 nitrogen and oxygen atoms in total. The van der Waals surface area contributed by atoms with E-state index in [-0.39, 0.29) is 12.3 Å². The third kappa shape index (κ3) is 5.57. The standard InChI is InChI=1S/C21H27N3O5/c1-14-19(15(2)29-23-14)8-9-20(25)28-16(3)21(26)22-17-4-6-18(7-5-17)24-10-12-27-13-11-24/h4-7,16H,8-13H2,1-3H3,(H,22,26)/t16-/m1/s1. The molecule has 1 aromatic carbocycles. The van der Waals surface area contributed by atoms with E-state index >= 15 is 0 Å². The Labute approximate surface area is 170 Å². The lowest BCUT2D eigenvalue weighted by Gasteiger charge is -2.28. The minimum Gasteiger partial charge on any atom is -0.453 e. The Hall–Kier alpha value is -2.87. The van der Waals surface area contributed by atoms with E-state index in [0.717, 1.165) is 43.2 Å². The second-order valence-corrected chi connectivity index (χ2v) is 7.07. The summed E-state index contributed by atoms with van der Waals surface area (Å²) in [6.07, 6.45) is -0.252. The number of nitrogens with zero attached hydrogens (tertiary/aromatic N) is 2. The Bertz CT molecular complexity index is 821. The zero-order valence-corrected chi connectivity index (χ0v) is 17.1. The van der Waals surface area contributed by atoms with Crippen molar-refractivity contribution in [1.82, 2.24) is 5.16 Å². The van der Waals surface area contributed by atoms with Crippen LogP contribution in [-0.4, -0.2) is 49.4 Å². The maximum absolute atomic E-state index is 12.3. The highest BCUT2D eigenvalue weighted by Gasteiger charge is 2.19. The van der Waals surface area contributed by atoms with Crippen molar-refractivity contribution in [2.24, 2.45) is 0 Å². The molecule has 29 heavy (non-hydrogen) atoms. The molecule has 0 saturated carbocycles. The molecule has 1 fully saturated rings. The van der Waals surface area contributed by atoms with Crippen LogP contribution in [0.3, 0.4) is 0 Å². The van der Waals surface area contributed by atoms with Crippen molar-refractivity contribution in [3.8, 4) is 0 Å². The molecule has 1 saturated heterocycles. The van der Waals surface area contributed by atoms with Gasteiger partial charge in [-0.1, -0.05) is 5.16 Å². The second-order valence-electron chi connectivity index (χ2n) is 7.07. The quantitative estimate of drug-likeness (QED) is 0.713. The summed E-state index contributed by atoms with van der Waals surface area (Å²) >= 11 is 0. The lowest BCUT2D eigenvalue weighted by Crippen LogP contribution is -2.36. The largest absolute Gasteiger partial charge is 0.453 e. The second kappa shape index (κ2) is 9.56. The highest BCUT2D eigenvalue weighted by Crippen LogP contribution is 2.19. The van der Waals surface area contributed by atoms with E-state index in [1.165, 1.54) is 0 Å². The molecule has 0 aliphatic carbocycles. The van der Waals surface area contributed by atoms with Gasteiger partial charge in [0.05, 0.1) is 18.9 Å². The van der Waals surface area contributed by atoms with Crippen molar-refractivity contribution in [2.45, 2.75) is 39.7 Å². The summed E-state index contributed by atoms with van der Waals surface area (Å²) in [5.41, 5.74) is 3.41. The van der Waals surface area contributed by atoms with Crippen LogP contribution in [0.5, 0.6) is 0 Å². The van der Waals surface area contributed by atoms with Crippen LogP contribution in [0, 0.1) is 13.8 Å². The molecular formula is C21H27N3O5. The zero-order chi connectivity index (χ0) is 20.8. The Kier molecular flexibility index (Phi) is 6.87. The van der Waals surface area contributed by atoms with Gasteiger partial charge in [0.15, 0.2) is 6.10 Å². The van der Waals surface area contributed by atoms with Gasteiger partial charge in [-0.05, 0) is 51.5 Å². The maximum Gasteiger partial charge on any atom is 0.306 e. The van der Waals surface area contributed by atoms with Gasteiger partial charge >= 0.3 is 5.97 Å². The molecule has 1 N–H and O–H groups in total. The highest BCUT2D eigenvalue weighted by atomic mass is 16.5. The minimum absolute atomic E-state index is 0.161. The van der Waals surface area contributed by atoms with Gasteiger partial charge in [-0.2, -0.15) is 0 Å². The average Bonchev–Trinajstić information content (AvgIpc) is 3.05. The van der Waals surface area contributed by atoms with E-state index in [9.17, 15) is 9.59 Å². The number of amides is 1. The van der Waals surface area contributed by atoms with Gasteiger partial charge < -0.3 is 24.2 Å². The van der Waals surface area contributed by atoms with Gasteiger partial charge in [0.25, 0.3) is 5.91 Å². The van der Waals surface area contributed by atoms with Crippen molar-refractivity contribution < 1.29 is 23.6 Å². The van der Waals surface area contributed by atoms with Gasteiger partial charge in [-0.15, -0.1) is 0 Å². The third-order valence-electron chi connectivity index (χ3n) is 4.95. The van der Waals surface area contributed by atoms with Gasteiger partial charge in [0.2, 0.25) is 0 Å². The van der Waals surface area contributed by atoms with Crippen molar-refractivity contribution in [2.75, 3.05) is 36.5 Å². The molecule has 0 radical (unpaired) electrons. The smallest absolute Gasteiger partial charge is 0.306 e. The SMILES string of the molecule is Cc1noc(C)c1CCC(=O)O[C@H](C)C(=O)Nc1ccc(N2CCOCC2)cc1. The first-order chi connectivity index (χ1) is 13.9.